The van der Waals surface area contributed by atoms with Gasteiger partial charge in [0.05, 0.1) is 0 Å². The van der Waals surface area contributed by atoms with Crippen molar-refractivity contribution in [2.75, 3.05) is 0 Å². The number of hydrogen-bond donors (Lipinski definition) is 0. The molecule has 2 aliphatic carbocycles. The Bertz CT molecular complexity index is 1510. The van der Waals surface area contributed by atoms with Crippen molar-refractivity contribution in [1.82, 2.24) is 0 Å². The third kappa shape index (κ3) is 8.70. The van der Waals surface area contributed by atoms with Crippen LogP contribution in [0.4, 0.5) is 0 Å². The Morgan fingerprint density at radius 3 is 1.80 bits per heavy atom. The van der Waals surface area contributed by atoms with E-state index in [2.05, 4.69) is 140 Å². The van der Waals surface area contributed by atoms with Crippen LogP contribution in [0.3, 0.4) is 0 Å². The van der Waals surface area contributed by atoms with E-state index in [0.717, 1.165) is 12.8 Å². The first-order valence-corrected chi connectivity index (χ1v) is 14.5. The van der Waals surface area contributed by atoms with E-state index in [1.165, 1.54) is 77.5 Å². The molecule has 7 rings (SSSR count). The average Bonchev–Trinajstić information content (AvgIpc) is 3.70. The van der Waals surface area contributed by atoms with Crippen molar-refractivity contribution >= 4 is 3.21 Å². The number of allylic oxidation sites excluding steroid dienone is 4. The van der Waals surface area contributed by atoms with Gasteiger partial charge in [0.1, 0.15) is 0 Å². The van der Waals surface area contributed by atoms with E-state index in [-0.39, 0.29) is 24.8 Å². The number of hydrogen-bond acceptors (Lipinski definition) is 0. The summed E-state index contributed by atoms with van der Waals surface area (Å²) in [7, 11) is 0. The van der Waals surface area contributed by atoms with Crippen molar-refractivity contribution in [3.8, 4) is 33.4 Å². The van der Waals surface area contributed by atoms with Crippen LogP contribution in [0.25, 0.3) is 33.4 Å². The Morgan fingerprint density at radius 2 is 1.27 bits per heavy atom. The molecule has 0 bridgehead atoms. The molecule has 5 aromatic carbocycles. The predicted octanol–water partition coefficient (Wildman–Crippen LogP) is 3.48. The zero-order chi connectivity index (χ0) is 26.9. The van der Waals surface area contributed by atoms with Gasteiger partial charge in [-0.3, -0.25) is 6.08 Å². The molecule has 0 unspecified atom stereocenters. The summed E-state index contributed by atoms with van der Waals surface area (Å²) in [6.45, 7) is 2.16. The van der Waals surface area contributed by atoms with E-state index >= 15 is 0 Å². The summed E-state index contributed by atoms with van der Waals surface area (Å²) in [5, 5.41) is 0. The van der Waals surface area contributed by atoms with E-state index < -0.39 is 0 Å². The van der Waals surface area contributed by atoms with Gasteiger partial charge >= 0.3 is 70.3 Å². The summed E-state index contributed by atoms with van der Waals surface area (Å²) in [6, 6.07) is 46.5. The van der Waals surface area contributed by atoms with Crippen LogP contribution >= 0.6 is 0 Å². The third-order valence-electron chi connectivity index (χ3n) is 6.77. The zero-order valence-electron chi connectivity index (χ0n) is 22.9. The van der Waals surface area contributed by atoms with Crippen LogP contribution in [0, 0.1) is 12.1 Å². The average molecular weight is 649 g/mol. The van der Waals surface area contributed by atoms with E-state index in [1.54, 1.807) is 0 Å². The van der Waals surface area contributed by atoms with E-state index in [1.807, 2.05) is 18.2 Å². The van der Waals surface area contributed by atoms with Crippen molar-refractivity contribution in [3.05, 3.63) is 168 Å². The molecule has 0 aliphatic heterocycles. The smallest absolute Gasteiger partial charge is 0.0181 e. The molecule has 202 valence electrons. The summed E-state index contributed by atoms with van der Waals surface area (Å²) in [6.07, 6.45) is 11.0. The van der Waals surface area contributed by atoms with Crippen molar-refractivity contribution in [3.63, 3.8) is 0 Å². The number of halogens is 2. The molecule has 0 radical (unpaired) electrons. The standard InChI is InChI=1S/C25H17.C8H8.C5H5.2ClH.Zr/c1-3-7-18(8-4-1)20-11-13-24-22(15-20)17-23-16-21(12-14-25(23)24)19-9-5-2-6-10-19;1-2-8-6-4-3-5-7-8;1-2-4-5-3-1;;;/h1-15H,17H2;3-7H,1H3;1-3H,4H2;2*1H;/q-1;;-1;;;+2/p-2. The van der Waals surface area contributed by atoms with Crippen LogP contribution in [0.5, 0.6) is 0 Å². The summed E-state index contributed by atoms with van der Waals surface area (Å²) in [5.41, 5.74) is 11.7. The van der Waals surface area contributed by atoms with Crippen molar-refractivity contribution in [2.24, 2.45) is 0 Å². The fourth-order valence-electron chi connectivity index (χ4n) is 4.75. The van der Waals surface area contributed by atoms with Crippen molar-refractivity contribution in [1.29, 1.82) is 0 Å². The van der Waals surface area contributed by atoms with Gasteiger partial charge in [-0.2, -0.15) is 6.08 Å². The fourth-order valence-corrected chi connectivity index (χ4v) is 5.16. The van der Waals surface area contributed by atoms with Gasteiger partial charge in [0, 0.05) is 0 Å². The quantitative estimate of drug-likeness (QED) is 0.258. The van der Waals surface area contributed by atoms with Crippen molar-refractivity contribution < 1.29 is 49.0 Å². The molecule has 2 aliphatic rings. The molecule has 0 saturated carbocycles. The van der Waals surface area contributed by atoms with Gasteiger partial charge in [-0.05, 0) is 23.1 Å². The normalized spacial score (nSPS) is 11.4. The number of rotatable bonds is 3. The fraction of sp³-hybridized carbons (Fsp3) is 0.0789. The Balaban J connectivity index is 0.000000240. The Morgan fingerprint density at radius 1 is 0.659 bits per heavy atom. The minimum Gasteiger partial charge on any atom is -1.00 e. The molecule has 0 amide bonds. The first-order chi connectivity index (χ1) is 19.2. The number of benzene rings is 5. The molecule has 0 atom stereocenters. The Kier molecular flexibility index (Phi) is 13.0. The van der Waals surface area contributed by atoms with Gasteiger partial charge in [0.25, 0.3) is 0 Å². The third-order valence-corrected chi connectivity index (χ3v) is 7.48. The Hall–Kier alpha value is -3.09. The number of fused-ring (bicyclic) bond motifs is 3. The molecule has 0 spiro atoms. The topological polar surface area (TPSA) is 0 Å². The first-order valence-electron chi connectivity index (χ1n) is 13.3. The SMILES string of the molecule is C[C](=[Zr+2])c1ccccc1.[C-]1=CC=CC1.[Cl-].[Cl-].[c-]1c(-c2ccccc2)ccc2c1Cc1cc(-c3ccccc3)ccc1-2. The molecule has 3 heteroatoms. The van der Waals surface area contributed by atoms with Crippen molar-refractivity contribution in [2.45, 2.75) is 19.8 Å². The van der Waals surface area contributed by atoms with E-state index in [0.29, 0.717) is 0 Å². The largest absolute Gasteiger partial charge is 1.00 e. The Labute approximate surface area is 272 Å². The molecular formula is C38H30Cl2Zr-2. The summed E-state index contributed by atoms with van der Waals surface area (Å²) in [5.74, 6) is 0. The second-order valence-corrected chi connectivity index (χ2v) is 11.4. The minimum absolute atomic E-state index is 0. The van der Waals surface area contributed by atoms with Gasteiger partial charge < -0.3 is 24.8 Å². The van der Waals surface area contributed by atoms with E-state index in [4.69, 9.17) is 0 Å². The molecule has 0 aromatic heterocycles. The van der Waals surface area contributed by atoms with Gasteiger partial charge in [-0.25, -0.2) is 12.2 Å². The second kappa shape index (κ2) is 16.4. The van der Waals surface area contributed by atoms with Crippen LogP contribution in [-0.4, -0.2) is 3.21 Å². The van der Waals surface area contributed by atoms with Gasteiger partial charge in [-0.15, -0.1) is 35.7 Å². The molecule has 41 heavy (non-hydrogen) atoms. The van der Waals surface area contributed by atoms with Gasteiger partial charge in [0.2, 0.25) is 0 Å². The maximum absolute atomic E-state index is 3.65. The summed E-state index contributed by atoms with van der Waals surface area (Å²) in [4.78, 5) is 0. The van der Waals surface area contributed by atoms with E-state index in [9.17, 15) is 0 Å². The molecular weight excluding hydrogens is 619 g/mol. The molecule has 0 nitrogen and oxygen atoms in total. The molecule has 0 fully saturated rings. The van der Waals surface area contributed by atoms with Gasteiger partial charge in [-0.1, -0.05) is 95.6 Å². The predicted molar refractivity (Wildman–Crippen MR) is 162 cm³/mol. The maximum Gasteiger partial charge on any atom is -0.0181 e. The van der Waals surface area contributed by atoms with Crippen LogP contribution in [0.15, 0.2) is 140 Å². The molecule has 0 heterocycles. The van der Waals surface area contributed by atoms with Crippen LogP contribution in [0.2, 0.25) is 0 Å². The maximum atomic E-state index is 3.65. The second-order valence-electron chi connectivity index (χ2n) is 9.54. The minimum atomic E-state index is 0. The summed E-state index contributed by atoms with van der Waals surface area (Å²) < 4.78 is 1.46. The van der Waals surface area contributed by atoms with Crippen LogP contribution in [0.1, 0.15) is 30.0 Å². The molecule has 0 saturated heterocycles. The van der Waals surface area contributed by atoms with Crippen LogP contribution < -0.4 is 24.8 Å². The monoisotopic (exact) mass is 646 g/mol. The zero-order valence-corrected chi connectivity index (χ0v) is 26.9. The first kappa shape index (κ1) is 32.4. The molecule has 0 N–H and O–H groups in total. The van der Waals surface area contributed by atoms with Gasteiger partial charge in [0.15, 0.2) is 0 Å². The molecule has 5 aromatic rings. The van der Waals surface area contributed by atoms with Crippen LogP contribution in [-0.2, 0) is 30.7 Å². The summed E-state index contributed by atoms with van der Waals surface area (Å²) >= 11 is 1.51.